The molecule has 0 saturated heterocycles. The third kappa shape index (κ3) is 3.10. The first kappa shape index (κ1) is 14.1. The SMILES string of the molecule is CC(C)c1nsc(NC(C)c2ccc3c(c2)OCCO3)n1. The van der Waals surface area contributed by atoms with Crippen LogP contribution in [0.5, 0.6) is 11.5 Å². The zero-order valence-electron chi connectivity index (χ0n) is 12.4. The molecule has 21 heavy (non-hydrogen) atoms. The van der Waals surface area contributed by atoms with Crippen molar-refractivity contribution in [1.82, 2.24) is 9.36 Å². The third-order valence-corrected chi connectivity index (χ3v) is 4.02. The average Bonchev–Trinajstić information content (AvgIpc) is 2.95. The van der Waals surface area contributed by atoms with Gasteiger partial charge in [-0.15, -0.1) is 0 Å². The lowest BCUT2D eigenvalue weighted by Crippen LogP contribution is -2.16. The molecule has 6 heteroatoms. The van der Waals surface area contributed by atoms with Crippen molar-refractivity contribution < 1.29 is 9.47 Å². The van der Waals surface area contributed by atoms with Gasteiger partial charge in [0, 0.05) is 17.5 Å². The van der Waals surface area contributed by atoms with Gasteiger partial charge in [0.1, 0.15) is 19.0 Å². The lowest BCUT2D eigenvalue weighted by molar-refractivity contribution is 0.171. The minimum atomic E-state index is 0.133. The summed E-state index contributed by atoms with van der Waals surface area (Å²) in [5.41, 5.74) is 1.14. The fourth-order valence-corrected chi connectivity index (χ4v) is 2.92. The zero-order valence-corrected chi connectivity index (χ0v) is 13.2. The summed E-state index contributed by atoms with van der Waals surface area (Å²) in [7, 11) is 0. The van der Waals surface area contributed by atoms with E-state index in [1.54, 1.807) is 0 Å². The Bertz CT molecular complexity index is 627. The number of hydrogen-bond donors (Lipinski definition) is 1. The number of aromatic nitrogens is 2. The van der Waals surface area contributed by atoms with Crippen molar-refractivity contribution >= 4 is 16.7 Å². The maximum atomic E-state index is 5.62. The molecule has 0 aliphatic carbocycles. The number of fused-ring (bicyclic) bond motifs is 1. The van der Waals surface area contributed by atoms with Crippen LogP contribution in [0.3, 0.4) is 0 Å². The molecule has 0 radical (unpaired) electrons. The van der Waals surface area contributed by atoms with Gasteiger partial charge in [0.05, 0.1) is 6.04 Å². The molecule has 1 atom stereocenters. The number of ether oxygens (including phenoxy) is 2. The van der Waals surface area contributed by atoms with Gasteiger partial charge in [-0.25, -0.2) is 4.98 Å². The molecule has 0 spiro atoms. The number of anilines is 1. The minimum Gasteiger partial charge on any atom is -0.486 e. The van der Waals surface area contributed by atoms with E-state index in [0.29, 0.717) is 19.1 Å². The second-order valence-electron chi connectivity index (χ2n) is 5.38. The molecule has 3 rings (SSSR count). The van der Waals surface area contributed by atoms with Gasteiger partial charge in [0.25, 0.3) is 0 Å². The molecule has 1 aliphatic heterocycles. The first-order valence-electron chi connectivity index (χ1n) is 7.13. The molecule has 1 aromatic heterocycles. The summed E-state index contributed by atoms with van der Waals surface area (Å²) < 4.78 is 15.5. The van der Waals surface area contributed by atoms with Gasteiger partial charge < -0.3 is 14.8 Å². The largest absolute Gasteiger partial charge is 0.486 e. The van der Waals surface area contributed by atoms with Gasteiger partial charge in [-0.3, -0.25) is 0 Å². The highest BCUT2D eigenvalue weighted by Gasteiger charge is 2.16. The Morgan fingerprint density at radius 3 is 2.62 bits per heavy atom. The summed E-state index contributed by atoms with van der Waals surface area (Å²) in [6, 6.07) is 6.17. The summed E-state index contributed by atoms with van der Waals surface area (Å²) in [4.78, 5) is 4.50. The van der Waals surface area contributed by atoms with Gasteiger partial charge in [0.2, 0.25) is 5.13 Å². The molecule has 5 nitrogen and oxygen atoms in total. The van der Waals surface area contributed by atoms with Gasteiger partial charge in [0.15, 0.2) is 11.5 Å². The molecule has 1 aromatic carbocycles. The molecule has 0 saturated carbocycles. The smallest absolute Gasteiger partial charge is 0.203 e. The molecule has 1 aliphatic rings. The van der Waals surface area contributed by atoms with E-state index in [1.165, 1.54) is 11.5 Å². The summed E-state index contributed by atoms with van der Waals surface area (Å²) >= 11 is 1.40. The van der Waals surface area contributed by atoms with Crippen LogP contribution in [-0.4, -0.2) is 22.6 Å². The molecular weight excluding hydrogens is 286 g/mol. The summed E-state index contributed by atoms with van der Waals surface area (Å²) in [6.45, 7) is 7.50. The van der Waals surface area contributed by atoms with E-state index in [-0.39, 0.29) is 6.04 Å². The Morgan fingerprint density at radius 2 is 1.90 bits per heavy atom. The highest BCUT2D eigenvalue weighted by atomic mass is 32.1. The quantitative estimate of drug-likeness (QED) is 0.935. The minimum absolute atomic E-state index is 0.133. The Kier molecular flexibility index (Phi) is 3.96. The highest BCUT2D eigenvalue weighted by Crippen LogP contribution is 2.33. The van der Waals surface area contributed by atoms with Crippen LogP contribution in [-0.2, 0) is 0 Å². The highest BCUT2D eigenvalue weighted by molar-refractivity contribution is 7.09. The van der Waals surface area contributed by atoms with Crippen LogP contribution >= 0.6 is 11.5 Å². The third-order valence-electron chi connectivity index (χ3n) is 3.36. The summed E-state index contributed by atoms with van der Waals surface area (Å²) in [5, 5.41) is 4.24. The van der Waals surface area contributed by atoms with Crippen LogP contribution in [0.15, 0.2) is 18.2 Å². The first-order valence-corrected chi connectivity index (χ1v) is 7.90. The standard InChI is InChI=1S/C15H19N3O2S/c1-9(2)14-17-15(21-18-14)16-10(3)11-4-5-12-13(8-11)20-7-6-19-12/h4-5,8-10H,6-7H2,1-3H3,(H,16,17,18). The summed E-state index contributed by atoms with van der Waals surface area (Å²) in [5.74, 6) is 2.86. The van der Waals surface area contributed by atoms with Crippen LogP contribution in [0, 0.1) is 0 Å². The maximum Gasteiger partial charge on any atom is 0.203 e. The van der Waals surface area contributed by atoms with Crippen LogP contribution in [0.2, 0.25) is 0 Å². The Hall–Kier alpha value is -1.82. The topological polar surface area (TPSA) is 56.3 Å². The molecule has 1 N–H and O–H groups in total. The molecule has 0 fully saturated rings. The Morgan fingerprint density at radius 1 is 1.14 bits per heavy atom. The van der Waals surface area contributed by atoms with Crippen LogP contribution in [0.1, 0.15) is 44.1 Å². The molecule has 112 valence electrons. The first-order chi connectivity index (χ1) is 10.1. The number of nitrogens with zero attached hydrogens (tertiary/aromatic N) is 2. The summed E-state index contributed by atoms with van der Waals surface area (Å²) in [6.07, 6.45) is 0. The fraction of sp³-hybridized carbons (Fsp3) is 0.467. The molecule has 2 aromatic rings. The Labute approximate surface area is 128 Å². The molecule has 2 heterocycles. The normalized spacial score (nSPS) is 15.0. The van der Waals surface area contributed by atoms with E-state index < -0.39 is 0 Å². The number of rotatable bonds is 4. The van der Waals surface area contributed by atoms with Crippen molar-refractivity contribution in [3.05, 3.63) is 29.6 Å². The van der Waals surface area contributed by atoms with Crippen LogP contribution in [0.4, 0.5) is 5.13 Å². The predicted molar refractivity (Wildman–Crippen MR) is 83.5 cm³/mol. The maximum absolute atomic E-state index is 5.62. The zero-order chi connectivity index (χ0) is 14.8. The van der Waals surface area contributed by atoms with E-state index in [9.17, 15) is 0 Å². The van der Waals surface area contributed by atoms with Gasteiger partial charge in [-0.1, -0.05) is 19.9 Å². The van der Waals surface area contributed by atoms with E-state index in [2.05, 4.69) is 41.5 Å². The van der Waals surface area contributed by atoms with Crippen molar-refractivity contribution in [3.8, 4) is 11.5 Å². The predicted octanol–water partition coefficient (Wildman–Crippen LogP) is 3.61. The molecular formula is C15H19N3O2S. The second kappa shape index (κ2) is 5.89. The Balaban J connectivity index is 1.73. The van der Waals surface area contributed by atoms with Crippen molar-refractivity contribution in [2.24, 2.45) is 0 Å². The van der Waals surface area contributed by atoms with Crippen molar-refractivity contribution in [2.75, 3.05) is 18.5 Å². The van der Waals surface area contributed by atoms with Gasteiger partial charge in [-0.2, -0.15) is 4.37 Å². The van der Waals surface area contributed by atoms with Crippen LogP contribution < -0.4 is 14.8 Å². The van der Waals surface area contributed by atoms with E-state index in [1.807, 2.05) is 12.1 Å². The lowest BCUT2D eigenvalue weighted by atomic mass is 10.1. The fourth-order valence-electron chi connectivity index (χ4n) is 2.13. The van der Waals surface area contributed by atoms with Crippen LogP contribution in [0.25, 0.3) is 0 Å². The van der Waals surface area contributed by atoms with E-state index in [0.717, 1.165) is 28.0 Å². The number of nitrogens with one attached hydrogen (secondary N) is 1. The van der Waals surface area contributed by atoms with Crippen molar-refractivity contribution in [1.29, 1.82) is 0 Å². The molecule has 0 bridgehead atoms. The van der Waals surface area contributed by atoms with Crippen molar-refractivity contribution in [3.63, 3.8) is 0 Å². The average molecular weight is 305 g/mol. The van der Waals surface area contributed by atoms with Crippen molar-refractivity contribution in [2.45, 2.75) is 32.7 Å². The van der Waals surface area contributed by atoms with E-state index in [4.69, 9.17) is 9.47 Å². The number of hydrogen-bond acceptors (Lipinski definition) is 6. The van der Waals surface area contributed by atoms with E-state index >= 15 is 0 Å². The molecule has 0 amide bonds. The second-order valence-corrected chi connectivity index (χ2v) is 6.13. The molecule has 1 unspecified atom stereocenters. The lowest BCUT2D eigenvalue weighted by Gasteiger charge is -2.20. The monoisotopic (exact) mass is 305 g/mol. The van der Waals surface area contributed by atoms with Gasteiger partial charge >= 0.3 is 0 Å². The van der Waals surface area contributed by atoms with Gasteiger partial charge in [-0.05, 0) is 24.6 Å². The number of benzene rings is 1.